The monoisotopic (exact) mass is 254 g/mol. The van der Waals surface area contributed by atoms with Crippen molar-refractivity contribution in [3.8, 4) is 0 Å². The first-order valence-corrected chi connectivity index (χ1v) is 5.98. The van der Waals surface area contributed by atoms with Crippen molar-refractivity contribution in [2.45, 2.75) is 33.0 Å². The summed E-state index contributed by atoms with van der Waals surface area (Å²) >= 11 is 0. The molecule has 1 aromatic rings. The highest BCUT2D eigenvalue weighted by molar-refractivity contribution is 5.61. The molecule has 1 aromatic heterocycles. The third kappa shape index (κ3) is 2.17. The SMILES string of the molecule is Cc1nn(C)c(N2C[C@@H](C)O[C@H](C)C2)c1[N+](=O)[O-]. The van der Waals surface area contributed by atoms with Gasteiger partial charge >= 0.3 is 5.69 Å². The van der Waals surface area contributed by atoms with Crippen LogP contribution in [0.3, 0.4) is 0 Å². The minimum Gasteiger partial charge on any atom is -0.372 e. The van der Waals surface area contributed by atoms with Crippen molar-refractivity contribution in [1.29, 1.82) is 0 Å². The third-order valence-electron chi connectivity index (χ3n) is 3.06. The van der Waals surface area contributed by atoms with Gasteiger partial charge in [0.1, 0.15) is 5.69 Å². The Bertz CT molecular complexity index is 461. The molecule has 0 N–H and O–H groups in total. The number of hydrogen-bond acceptors (Lipinski definition) is 5. The number of hydrogen-bond donors (Lipinski definition) is 0. The first-order chi connectivity index (χ1) is 8.40. The van der Waals surface area contributed by atoms with Gasteiger partial charge in [-0.25, -0.2) is 4.68 Å². The second-order valence-corrected chi connectivity index (χ2v) is 4.80. The summed E-state index contributed by atoms with van der Waals surface area (Å²) in [6, 6.07) is 0. The van der Waals surface area contributed by atoms with E-state index in [0.29, 0.717) is 24.6 Å². The van der Waals surface area contributed by atoms with E-state index in [1.165, 1.54) is 0 Å². The second kappa shape index (κ2) is 4.56. The molecule has 18 heavy (non-hydrogen) atoms. The molecule has 1 saturated heterocycles. The number of rotatable bonds is 2. The molecule has 7 nitrogen and oxygen atoms in total. The van der Waals surface area contributed by atoms with E-state index in [4.69, 9.17) is 4.74 Å². The molecular weight excluding hydrogens is 236 g/mol. The topological polar surface area (TPSA) is 73.4 Å². The maximum atomic E-state index is 11.2. The first kappa shape index (κ1) is 12.8. The van der Waals surface area contributed by atoms with E-state index in [9.17, 15) is 10.1 Å². The van der Waals surface area contributed by atoms with Crippen molar-refractivity contribution in [3.63, 3.8) is 0 Å². The van der Waals surface area contributed by atoms with Crippen LogP contribution < -0.4 is 4.90 Å². The number of anilines is 1. The fourth-order valence-electron chi connectivity index (χ4n) is 2.55. The molecule has 1 aliphatic heterocycles. The molecule has 1 aliphatic rings. The molecule has 2 heterocycles. The molecule has 1 fully saturated rings. The number of nitrogens with zero attached hydrogens (tertiary/aromatic N) is 4. The van der Waals surface area contributed by atoms with E-state index in [1.54, 1.807) is 18.7 Å². The quantitative estimate of drug-likeness (QED) is 0.586. The maximum absolute atomic E-state index is 11.2. The fourth-order valence-corrected chi connectivity index (χ4v) is 2.55. The Hall–Kier alpha value is -1.63. The van der Waals surface area contributed by atoms with Gasteiger partial charge in [-0.15, -0.1) is 0 Å². The smallest absolute Gasteiger partial charge is 0.333 e. The Morgan fingerprint density at radius 2 is 1.94 bits per heavy atom. The zero-order chi connectivity index (χ0) is 13.4. The van der Waals surface area contributed by atoms with Gasteiger partial charge in [-0.1, -0.05) is 0 Å². The van der Waals surface area contributed by atoms with Crippen LogP contribution in [0.5, 0.6) is 0 Å². The lowest BCUT2D eigenvalue weighted by molar-refractivity contribution is -0.384. The molecule has 0 unspecified atom stereocenters. The minimum absolute atomic E-state index is 0.0589. The Morgan fingerprint density at radius 1 is 1.39 bits per heavy atom. The molecule has 0 aromatic carbocycles. The van der Waals surface area contributed by atoms with Crippen molar-refractivity contribution in [1.82, 2.24) is 9.78 Å². The van der Waals surface area contributed by atoms with Crippen LogP contribution in [-0.4, -0.2) is 40.0 Å². The molecule has 0 saturated carbocycles. The second-order valence-electron chi connectivity index (χ2n) is 4.80. The van der Waals surface area contributed by atoms with Crippen LogP contribution in [0.1, 0.15) is 19.5 Å². The van der Waals surface area contributed by atoms with E-state index in [-0.39, 0.29) is 22.8 Å². The van der Waals surface area contributed by atoms with Crippen molar-refractivity contribution in [3.05, 3.63) is 15.8 Å². The summed E-state index contributed by atoms with van der Waals surface area (Å²) in [7, 11) is 1.74. The molecule has 100 valence electrons. The van der Waals surface area contributed by atoms with Crippen molar-refractivity contribution >= 4 is 11.5 Å². The normalized spacial score (nSPS) is 24.3. The largest absolute Gasteiger partial charge is 0.372 e. The number of morpholine rings is 1. The van der Waals surface area contributed by atoms with E-state index in [1.807, 2.05) is 18.7 Å². The van der Waals surface area contributed by atoms with Crippen LogP contribution in [0.15, 0.2) is 0 Å². The zero-order valence-electron chi connectivity index (χ0n) is 11.1. The summed E-state index contributed by atoms with van der Waals surface area (Å²) in [4.78, 5) is 12.8. The molecule has 2 rings (SSSR count). The average molecular weight is 254 g/mol. The van der Waals surface area contributed by atoms with Gasteiger partial charge in [0.15, 0.2) is 0 Å². The van der Waals surface area contributed by atoms with Crippen molar-refractivity contribution in [2.75, 3.05) is 18.0 Å². The Kier molecular flexibility index (Phi) is 3.25. The van der Waals surface area contributed by atoms with Crippen LogP contribution in [0, 0.1) is 17.0 Å². The highest BCUT2D eigenvalue weighted by Gasteiger charge is 2.32. The van der Waals surface area contributed by atoms with Gasteiger partial charge in [0, 0.05) is 20.1 Å². The number of ether oxygens (including phenoxy) is 1. The van der Waals surface area contributed by atoms with Gasteiger partial charge in [0.25, 0.3) is 0 Å². The van der Waals surface area contributed by atoms with Crippen LogP contribution in [0.4, 0.5) is 11.5 Å². The molecule has 0 aliphatic carbocycles. The highest BCUT2D eigenvalue weighted by atomic mass is 16.6. The summed E-state index contributed by atoms with van der Waals surface area (Å²) < 4.78 is 7.23. The van der Waals surface area contributed by atoms with Crippen LogP contribution in [0.25, 0.3) is 0 Å². The highest BCUT2D eigenvalue weighted by Crippen LogP contribution is 2.32. The summed E-state index contributed by atoms with van der Waals surface area (Å²) in [6.07, 6.45) is 0.118. The summed E-state index contributed by atoms with van der Waals surface area (Å²) in [6.45, 7) is 6.89. The number of aryl methyl sites for hydroxylation is 2. The van der Waals surface area contributed by atoms with E-state index in [0.717, 1.165) is 0 Å². The zero-order valence-corrected chi connectivity index (χ0v) is 11.1. The predicted molar refractivity (Wildman–Crippen MR) is 66.8 cm³/mol. The Morgan fingerprint density at radius 3 is 2.44 bits per heavy atom. The van der Waals surface area contributed by atoms with E-state index >= 15 is 0 Å². The van der Waals surface area contributed by atoms with Crippen LogP contribution in [-0.2, 0) is 11.8 Å². The molecule has 7 heteroatoms. The van der Waals surface area contributed by atoms with E-state index in [2.05, 4.69) is 5.10 Å². The Balaban J connectivity index is 2.41. The summed E-state index contributed by atoms with van der Waals surface area (Å²) in [5.41, 5.74) is 0.545. The van der Waals surface area contributed by atoms with Gasteiger partial charge in [0.2, 0.25) is 5.82 Å². The first-order valence-electron chi connectivity index (χ1n) is 5.98. The molecule has 0 spiro atoms. The summed E-state index contributed by atoms with van der Waals surface area (Å²) in [5, 5.41) is 15.3. The van der Waals surface area contributed by atoms with Gasteiger partial charge in [-0.2, -0.15) is 5.10 Å². The summed E-state index contributed by atoms with van der Waals surface area (Å²) in [5.74, 6) is 0.569. The molecule has 0 amide bonds. The third-order valence-corrected chi connectivity index (χ3v) is 3.06. The molecule has 0 bridgehead atoms. The molecule has 0 radical (unpaired) electrons. The average Bonchev–Trinajstić information content (AvgIpc) is 2.51. The standard InChI is InChI=1S/C11H18N4O3/c1-7-5-14(6-8(2)18-7)11-10(15(16)17)9(3)12-13(11)4/h7-8H,5-6H2,1-4H3/t7-,8-/m1/s1. The lowest BCUT2D eigenvalue weighted by atomic mass is 10.2. The number of nitro groups is 1. The fraction of sp³-hybridized carbons (Fsp3) is 0.727. The van der Waals surface area contributed by atoms with Crippen molar-refractivity contribution in [2.24, 2.45) is 7.05 Å². The lowest BCUT2D eigenvalue weighted by Gasteiger charge is -2.35. The van der Waals surface area contributed by atoms with Crippen molar-refractivity contribution < 1.29 is 9.66 Å². The maximum Gasteiger partial charge on any atom is 0.333 e. The number of aromatic nitrogens is 2. The Labute approximate surface area is 105 Å². The van der Waals surface area contributed by atoms with Gasteiger partial charge in [0.05, 0.1) is 17.1 Å². The predicted octanol–water partition coefficient (Wildman–Crippen LogP) is 1.25. The van der Waals surface area contributed by atoms with Crippen LogP contribution in [0.2, 0.25) is 0 Å². The van der Waals surface area contributed by atoms with Crippen LogP contribution >= 0.6 is 0 Å². The molecule has 2 atom stereocenters. The van der Waals surface area contributed by atoms with E-state index < -0.39 is 0 Å². The molecular formula is C11H18N4O3. The lowest BCUT2D eigenvalue weighted by Crippen LogP contribution is -2.46. The van der Waals surface area contributed by atoms with Gasteiger partial charge in [-0.05, 0) is 20.8 Å². The van der Waals surface area contributed by atoms with Gasteiger partial charge < -0.3 is 9.64 Å². The van der Waals surface area contributed by atoms with Gasteiger partial charge in [-0.3, -0.25) is 10.1 Å². The minimum atomic E-state index is -0.359.